The first-order chi connectivity index (χ1) is 8.79. The first-order valence-electron chi connectivity index (χ1n) is 6.77. The van der Waals surface area contributed by atoms with Crippen molar-refractivity contribution in [1.29, 1.82) is 0 Å². The highest BCUT2D eigenvalue weighted by Crippen LogP contribution is 2.46. The topological polar surface area (TPSA) is 3.24 Å². The predicted molar refractivity (Wildman–Crippen MR) is 90.0 cm³/mol. The summed E-state index contributed by atoms with van der Waals surface area (Å²) in [5.41, 5.74) is 2.76. The van der Waals surface area contributed by atoms with Crippen LogP contribution in [0.3, 0.4) is 0 Å². The highest BCUT2D eigenvalue weighted by molar-refractivity contribution is 8.08. The molecule has 0 aliphatic rings. The first-order valence-corrected chi connectivity index (χ1v) is 9.92. The fourth-order valence-corrected chi connectivity index (χ4v) is 3.56. The molecule has 4 heteroatoms. The molecular formula is C15H24Cl2NP. The van der Waals surface area contributed by atoms with E-state index in [1.54, 1.807) is 0 Å². The molecule has 0 aliphatic heterocycles. The van der Waals surface area contributed by atoms with E-state index in [-0.39, 0.29) is 5.41 Å². The average Bonchev–Trinajstić information content (AvgIpc) is 2.34. The summed E-state index contributed by atoms with van der Waals surface area (Å²) in [7, 11) is 0. The van der Waals surface area contributed by atoms with Gasteiger partial charge in [0.1, 0.15) is 6.63 Å². The molecule has 0 spiro atoms. The quantitative estimate of drug-likeness (QED) is 0.671. The maximum atomic E-state index is 6.16. The lowest BCUT2D eigenvalue weighted by atomic mass is 9.86. The van der Waals surface area contributed by atoms with Gasteiger partial charge in [-0.15, -0.1) is 0 Å². The molecule has 0 aromatic heterocycles. The lowest BCUT2D eigenvalue weighted by Gasteiger charge is -2.24. The third kappa shape index (κ3) is 4.90. The molecule has 1 aromatic rings. The Hall–Kier alpha value is 0.190. The molecule has 0 bridgehead atoms. The van der Waals surface area contributed by atoms with E-state index in [0.29, 0.717) is 0 Å². The fourth-order valence-electron chi connectivity index (χ4n) is 2.03. The van der Waals surface area contributed by atoms with E-state index in [4.69, 9.17) is 22.5 Å². The summed E-state index contributed by atoms with van der Waals surface area (Å²) in [6.45, 7) is 13.0. The minimum Gasteiger partial charge on any atom is -0.300 e. The Kier molecular flexibility index (Phi) is 6.60. The molecule has 0 unspecified atom stereocenters. The lowest BCUT2D eigenvalue weighted by Crippen LogP contribution is -2.25. The molecule has 0 aliphatic carbocycles. The average molecular weight is 320 g/mol. The molecule has 0 heterocycles. The maximum absolute atomic E-state index is 6.16. The van der Waals surface area contributed by atoms with Crippen molar-refractivity contribution in [2.24, 2.45) is 0 Å². The first kappa shape index (κ1) is 17.2. The van der Waals surface area contributed by atoms with E-state index in [1.807, 2.05) is 0 Å². The monoisotopic (exact) mass is 319 g/mol. The zero-order valence-corrected chi connectivity index (χ0v) is 14.9. The third-order valence-electron chi connectivity index (χ3n) is 3.42. The summed E-state index contributed by atoms with van der Waals surface area (Å²) >= 11 is 12.3. The van der Waals surface area contributed by atoms with Crippen LogP contribution in [-0.2, 0) is 12.0 Å². The Balaban J connectivity index is 3.16. The third-order valence-corrected chi connectivity index (χ3v) is 5.31. The minimum absolute atomic E-state index is 0.151. The van der Waals surface area contributed by atoms with Gasteiger partial charge in [-0.3, -0.25) is 4.90 Å². The van der Waals surface area contributed by atoms with Gasteiger partial charge in [0, 0.05) is 11.8 Å². The number of benzene rings is 1. The Bertz CT molecular complexity index is 409. The molecule has 1 aromatic carbocycles. The van der Waals surface area contributed by atoms with Crippen LogP contribution >= 0.6 is 29.1 Å². The lowest BCUT2D eigenvalue weighted by molar-refractivity contribution is 0.296. The molecule has 108 valence electrons. The van der Waals surface area contributed by atoms with E-state index in [1.165, 1.54) is 11.1 Å². The van der Waals surface area contributed by atoms with Gasteiger partial charge in [-0.2, -0.15) is 0 Å². The van der Waals surface area contributed by atoms with Crippen molar-refractivity contribution in [2.75, 3.05) is 13.1 Å². The van der Waals surface area contributed by atoms with Gasteiger partial charge < -0.3 is 0 Å². The summed E-state index contributed by atoms with van der Waals surface area (Å²) in [6.07, 6.45) is 0. The summed E-state index contributed by atoms with van der Waals surface area (Å²) in [5, 5.41) is 1.10. The van der Waals surface area contributed by atoms with Gasteiger partial charge in [-0.1, -0.05) is 75.3 Å². The van der Waals surface area contributed by atoms with Gasteiger partial charge in [-0.25, -0.2) is 0 Å². The van der Waals surface area contributed by atoms with Crippen molar-refractivity contribution in [2.45, 2.75) is 46.6 Å². The van der Waals surface area contributed by atoms with Crippen LogP contribution in [0, 0.1) is 0 Å². The summed E-state index contributed by atoms with van der Waals surface area (Å²) in [6, 6.07) is 6.53. The van der Waals surface area contributed by atoms with Gasteiger partial charge in [0.05, 0.1) is 0 Å². The molecule has 0 fully saturated rings. The summed E-state index contributed by atoms with van der Waals surface area (Å²) < 4.78 is 0. The Labute approximate surface area is 128 Å². The van der Waals surface area contributed by atoms with Crippen molar-refractivity contribution in [3.05, 3.63) is 29.3 Å². The van der Waals surface area contributed by atoms with Gasteiger partial charge in [-0.05, 0) is 29.6 Å². The Morgan fingerprint density at radius 2 is 1.68 bits per heavy atom. The van der Waals surface area contributed by atoms with Gasteiger partial charge in [0.2, 0.25) is 0 Å². The smallest absolute Gasteiger partial charge is 0.117 e. The van der Waals surface area contributed by atoms with Crippen LogP contribution in [0.4, 0.5) is 0 Å². The molecule has 0 amide bonds. The highest BCUT2D eigenvalue weighted by Gasteiger charge is 2.18. The van der Waals surface area contributed by atoms with Crippen LogP contribution in [0.25, 0.3) is 0 Å². The maximum Gasteiger partial charge on any atom is 0.117 e. The van der Waals surface area contributed by atoms with E-state index in [2.05, 4.69) is 57.7 Å². The molecule has 1 nitrogen and oxygen atoms in total. The molecule has 19 heavy (non-hydrogen) atoms. The summed E-state index contributed by atoms with van der Waals surface area (Å²) in [4.78, 5) is 2.39. The van der Waals surface area contributed by atoms with Crippen molar-refractivity contribution in [3.8, 4) is 0 Å². The molecule has 0 N–H and O–H groups in total. The standard InChI is InChI=1S/C15H24Cl2NP/c1-6-18(7-2)11-12-10-13(15(3,4)5)8-9-14(12)19(16)17/h8-10H,6-7,11H2,1-5H3. The molecule has 1 rings (SSSR count). The van der Waals surface area contributed by atoms with Crippen LogP contribution in [0.1, 0.15) is 45.7 Å². The zero-order valence-electron chi connectivity index (χ0n) is 12.5. The molecule has 0 atom stereocenters. The van der Waals surface area contributed by atoms with Gasteiger partial charge >= 0.3 is 0 Å². The van der Waals surface area contributed by atoms with Crippen molar-refractivity contribution in [3.63, 3.8) is 0 Å². The fraction of sp³-hybridized carbons (Fsp3) is 0.600. The normalized spacial score (nSPS) is 12.5. The van der Waals surface area contributed by atoms with Crippen LogP contribution < -0.4 is 5.30 Å². The SMILES string of the molecule is CCN(CC)Cc1cc(C(C)(C)C)ccc1P(Cl)Cl. The Morgan fingerprint density at radius 3 is 2.11 bits per heavy atom. The van der Waals surface area contributed by atoms with E-state index >= 15 is 0 Å². The number of nitrogens with zero attached hydrogens (tertiary/aromatic N) is 1. The second-order valence-electron chi connectivity index (χ2n) is 5.79. The molecule has 0 saturated carbocycles. The largest absolute Gasteiger partial charge is 0.300 e. The molecule has 0 radical (unpaired) electrons. The van der Waals surface area contributed by atoms with Crippen molar-refractivity contribution in [1.82, 2.24) is 4.90 Å². The Morgan fingerprint density at radius 1 is 1.11 bits per heavy atom. The van der Waals surface area contributed by atoms with Crippen LogP contribution in [0.2, 0.25) is 0 Å². The van der Waals surface area contributed by atoms with Crippen molar-refractivity contribution < 1.29 is 0 Å². The van der Waals surface area contributed by atoms with Crippen LogP contribution in [0.15, 0.2) is 18.2 Å². The number of halogens is 2. The predicted octanol–water partition coefficient (Wildman–Crippen LogP) is 5.24. The second kappa shape index (κ2) is 7.27. The van der Waals surface area contributed by atoms with Crippen LogP contribution in [-0.4, -0.2) is 18.0 Å². The number of hydrogen-bond acceptors (Lipinski definition) is 1. The minimum atomic E-state index is -1.09. The number of hydrogen-bond donors (Lipinski definition) is 0. The van der Waals surface area contributed by atoms with Gasteiger partial charge in [0.15, 0.2) is 0 Å². The van der Waals surface area contributed by atoms with E-state index < -0.39 is 6.63 Å². The van der Waals surface area contributed by atoms with Crippen molar-refractivity contribution >= 4 is 34.4 Å². The van der Waals surface area contributed by atoms with Crippen LogP contribution in [0.5, 0.6) is 0 Å². The van der Waals surface area contributed by atoms with E-state index in [9.17, 15) is 0 Å². The second-order valence-corrected chi connectivity index (χ2v) is 9.28. The highest BCUT2D eigenvalue weighted by atomic mass is 35.9. The van der Waals surface area contributed by atoms with E-state index in [0.717, 1.165) is 24.9 Å². The summed E-state index contributed by atoms with van der Waals surface area (Å²) in [5.74, 6) is 0. The molecular weight excluding hydrogens is 296 g/mol. The number of rotatable bonds is 5. The van der Waals surface area contributed by atoms with Gasteiger partial charge in [0.25, 0.3) is 0 Å². The molecule has 0 saturated heterocycles. The zero-order chi connectivity index (χ0) is 14.6.